The number of rotatable bonds is 25. The van der Waals surface area contributed by atoms with E-state index in [1.165, 1.54) is 24.3 Å². The molecule has 2 aromatic carbocycles. The van der Waals surface area contributed by atoms with Crippen LogP contribution in [0.2, 0.25) is 0 Å². The molecular weight excluding hydrogens is 1010 g/mol. The number of alkyl carbamates (subject to hydrolysis) is 2. The molecule has 0 aromatic heterocycles. The molecule has 2 fully saturated rings. The topological polar surface area (TPSA) is 230 Å². The molecule has 2 aromatic rings. The number of hydrogen-bond acceptors (Lipinski definition) is 12. The van der Waals surface area contributed by atoms with Crippen molar-refractivity contribution in [3.63, 3.8) is 0 Å². The predicted molar refractivity (Wildman–Crippen MR) is 237 cm³/mol. The van der Waals surface area contributed by atoms with E-state index in [2.05, 4.69) is 5.32 Å². The van der Waals surface area contributed by atoms with Gasteiger partial charge in [-0.2, -0.15) is 43.9 Å². The Hall–Kier alpha value is -6.58. The number of halogens is 12. The van der Waals surface area contributed by atoms with E-state index in [0.29, 0.717) is 89.1 Å². The second-order valence-corrected chi connectivity index (χ2v) is 18.1. The van der Waals surface area contributed by atoms with Gasteiger partial charge in [-0.15, -0.1) is 0 Å². The number of hydrazine groups is 1. The van der Waals surface area contributed by atoms with Crippen LogP contribution in [-0.4, -0.2) is 115 Å². The number of alkyl halides is 10. The lowest BCUT2D eigenvalue weighted by molar-refractivity contribution is -0.221. The van der Waals surface area contributed by atoms with Gasteiger partial charge in [-0.25, -0.2) is 23.4 Å². The van der Waals surface area contributed by atoms with Gasteiger partial charge in [0.2, 0.25) is 5.91 Å². The molecule has 2 saturated carbocycles. The molecule has 4 amide bonds. The van der Waals surface area contributed by atoms with Crippen LogP contribution >= 0.6 is 0 Å². The number of amides is 4. The second-order valence-electron chi connectivity index (χ2n) is 18.1. The molecule has 0 saturated heterocycles. The molecule has 0 heterocycles. The summed E-state index contributed by atoms with van der Waals surface area (Å²) >= 11 is 0. The number of aliphatic hydroxyl groups excluding tert-OH is 1. The summed E-state index contributed by atoms with van der Waals surface area (Å²) in [6.07, 6.45) is -13.6. The monoisotopic (exact) mass is 1060 g/mol. The fourth-order valence-electron chi connectivity index (χ4n) is 6.65. The maximum Gasteiger partial charge on any atom is 0.408 e. The Labute approximate surface area is 409 Å². The average molecular weight is 1060 g/mol. The zero-order valence-corrected chi connectivity index (χ0v) is 39.2. The van der Waals surface area contributed by atoms with Crippen molar-refractivity contribution in [2.45, 2.75) is 128 Å². The summed E-state index contributed by atoms with van der Waals surface area (Å²) in [4.78, 5) is 53.7. The summed E-state index contributed by atoms with van der Waals surface area (Å²) in [7, 11) is 0. The first-order valence-electron chi connectivity index (χ1n) is 22.1. The van der Waals surface area contributed by atoms with Gasteiger partial charge in [0.15, 0.2) is 0 Å². The molecule has 4 atom stereocenters. The van der Waals surface area contributed by atoms with Crippen LogP contribution in [0.25, 0.3) is 11.1 Å². The number of nitrogens with one attached hydrogen (secondary N) is 8. The van der Waals surface area contributed by atoms with Gasteiger partial charge < -0.3 is 52.0 Å². The number of allylic oxidation sites excluding steroid dienone is 2. The van der Waals surface area contributed by atoms with Gasteiger partial charge in [0.25, 0.3) is 5.91 Å². The summed E-state index contributed by atoms with van der Waals surface area (Å²) in [5.74, 6) is -6.36. The van der Waals surface area contributed by atoms with Crippen molar-refractivity contribution < 1.29 is 86.4 Å². The van der Waals surface area contributed by atoms with E-state index >= 15 is 8.78 Å². The summed E-state index contributed by atoms with van der Waals surface area (Å²) in [6.45, 7) is -6.46. The average Bonchev–Trinajstić information content (AvgIpc) is 4.24. The minimum Gasteiger partial charge on any atom is -0.446 e. The van der Waals surface area contributed by atoms with Crippen LogP contribution in [0.15, 0.2) is 48.8 Å². The number of carbonyl (C=O) groups excluding carboxylic acids is 4. The number of nitrogens with zero attached hydrogens (tertiary/aromatic N) is 1. The summed E-state index contributed by atoms with van der Waals surface area (Å²) in [6, 6.07) is -0.760. The minimum absolute atomic E-state index is 0.0748. The molecular formula is C45H53F12N9O7. The predicted octanol–water partition coefficient (Wildman–Crippen LogP) is 7.18. The van der Waals surface area contributed by atoms with Crippen LogP contribution in [0, 0.1) is 33.3 Å². The van der Waals surface area contributed by atoms with Crippen LogP contribution in [0.5, 0.6) is 0 Å². The third-order valence-corrected chi connectivity index (χ3v) is 11.6. The first kappa shape index (κ1) is 59.0. The third kappa shape index (κ3) is 16.7. The number of aliphatic hydroxyl groups is 1. The first-order valence-corrected chi connectivity index (χ1v) is 22.1. The number of ether oxygens (including phenoxy) is 2. The van der Waals surface area contributed by atoms with Crippen molar-refractivity contribution >= 4 is 47.6 Å². The molecule has 0 aliphatic heterocycles. The number of hydrogen-bond donors (Lipinski definition) is 9. The van der Waals surface area contributed by atoms with E-state index in [1.54, 1.807) is 10.6 Å². The fourth-order valence-corrected chi connectivity index (χ4v) is 6.65. The molecule has 4 rings (SSSR count). The van der Waals surface area contributed by atoms with Gasteiger partial charge in [-0.05, 0) is 88.6 Å². The zero-order valence-electron chi connectivity index (χ0n) is 39.2. The lowest BCUT2D eigenvalue weighted by Crippen LogP contribution is -2.63. The van der Waals surface area contributed by atoms with E-state index in [-0.39, 0.29) is 16.7 Å². The quantitative estimate of drug-likeness (QED) is 0.0211. The highest BCUT2D eigenvalue weighted by atomic mass is 19.4. The molecule has 0 spiro atoms. The maximum atomic E-state index is 16.0. The van der Waals surface area contributed by atoms with Crippen LogP contribution in [0.3, 0.4) is 0 Å². The molecule has 16 nitrogen and oxygen atoms in total. The molecule has 404 valence electrons. The van der Waals surface area contributed by atoms with Crippen molar-refractivity contribution in [3.05, 3.63) is 82.7 Å². The van der Waals surface area contributed by atoms with Crippen LogP contribution in [0.4, 0.5) is 62.3 Å². The molecule has 0 bridgehead atoms. The lowest BCUT2D eigenvalue weighted by atomic mass is 9.82. The molecule has 9 N–H and O–H groups in total. The Balaban J connectivity index is 1.84. The van der Waals surface area contributed by atoms with Crippen LogP contribution in [0.1, 0.15) is 75.6 Å². The van der Waals surface area contributed by atoms with E-state index in [1.807, 2.05) is 16.1 Å². The Bertz CT molecular complexity index is 2340. The van der Waals surface area contributed by atoms with Gasteiger partial charge >= 0.3 is 37.6 Å². The normalized spacial score (nSPS) is 16.5. The Kier molecular flexibility index (Phi) is 19.7. The van der Waals surface area contributed by atoms with E-state index < -0.39 is 145 Å². The van der Waals surface area contributed by atoms with Gasteiger partial charge in [-0.3, -0.25) is 15.0 Å². The van der Waals surface area contributed by atoms with Crippen molar-refractivity contribution in [2.75, 3.05) is 6.54 Å². The van der Waals surface area contributed by atoms with Crippen LogP contribution < -0.4 is 32.0 Å². The largest absolute Gasteiger partial charge is 0.446 e. The third-order valence-electron chi connectivity index (χ3n) is 11.6. The van der Waals surface area contributed by atoms with E-state index in [9.17, 15) is 68.2 Å². The summed E-state index contributed by atoms with van der Waals surface area (Å²) in [5.41, 5.74) is -6.05. The van der Waals surface area contributed by atoms with E-state index in [0.717, 1.165) is 6.20 Å². The van der Waals surface area contributed by atoms with Gasteiger partial charge in [0.05, 0.1) is 23.0 Å². The molecule has 2 aliphatic rings. The molecule has 73 heavy (non-hydrogen) atoms. The smallest absolute Gasteiger partial charge is 0.408 e. The summed E-state index contributed by atoms with van der Waals surface area (Å²) in [5, 5.41) is 36.8. The van der Waals surface area contributed by atoms with Crippen molar-refractivity contribution in [3.8, 4) is 0 Å². The van der Waals surface area contributed by atoms with Gasteiger partial charge in [-0.1, -0.05) is 24.3 Å². The first-order chi connectivity index (χ1) is 33.9. The number of carbonyl (C=O) groups is 4. The number of benzene rings is 2. The highest BCUT2D eigenvalue weighted by Gasteiger charge is 2.57. The molecule has 2 aliphatic carbocycles. The molecule has 28 heteroatoms. The lowest BCUT2D eigenvalue weighted by Gasteiger charge is -2.38. The van der Waals surface area contributed by atoms with Crippen molar-refractivity contribution in [1.82, 2.24) is 37.0 Å². The van der Waals surface area contributed by atoms with Crippen molar-refractivity contribution in [1.29, 1.82) is 10.8 Å². The fraction of sp³-hybridized carbons (Fsp3) is 0.511. The SMILES string of the molecule is CC(C)([C@H](NC(=O)OC1CC1)C(=O)N[C@@H](Cc1ccc(/C(C=N)=C/NC(F)F)cc1)[C@@H](O)CN(Cc1c(F)cc(/C(C=N)=C/NC(F)F)cc1F)NC(=O)[C@@H](NC(=O)OC1CC1)C(C)(C)C(F)(F)F)C(F)(F)F. The Morgan fingerprint density at radius 3 is 1.52 bits per heavy atom. The molecule has 0 radical (unpaired) electrons. The minimum atomic E-state index is -5.26. The Morgan fingerprint density at radius 1 is 0.699 bits per heavy atom. The van der Waals surface area contributed by atoms with Crippen molar-refractivity contribution in [2.24, 2.45) is 10.8 Å². The Morgan fingerprint density at radius 2 is 1.12 bits per heavy atom. The molecule has 0 unspecified atom stereocenters. The highest BCUT2D eigenvalue weighted by Crippen LogP contribution is 2.42. The summed E-state index contributed by atoms with van der Waals surface area (Å²) < 4.78 is 181. The standard InChI is InChI=1S/C45H53F12N9O7/c1-42(2,44(52,53)54)34(63-40(70)72-27-9-10-27)36(68)62-32(13-22-5-7-23(8-6-22)25(16-58)18-60-38(48)49)33(67)21-66(20-29-30(46)14-24(15-31(29)47)26(17-59)19-61-39(50)51)65-37(69)35(43(3,4)45(55,56)57)64-41(71)73-28-11-12-28/h5-8,14-19,27-28,32-35,38-39,58-61,67H,9-13,20-21H2,1-4H3,(H,62,68)(H,63,70)(H,64,71)(H,65,69)/b25-18+,26-19+,58-16?,59-17?/t32-,33-,34+,35+/m0/s1. The van der Waals surface area contributed by atoms with Gasteiger partial charge in [0, 0.05) is 54.6 Å². The van der Waals surface area contributed by atoms with E-state index in [4.69, 9.17) is 20.3 Å². The second kappa shape index (κ2) is 24.4. The maximum absolute atomic E-state index is 16.0. The zero-order chi connectivity index (χ0) is 54.8. The van der Waals surface area contributed by atoms with Gasteiger partial charge in [0.1, 0.15) is 35.9 Å². The van der Waals surface area contributed by atoms with Crippen LogP contribution in [-0.2, 0) is 32.0 Å². The highest BCUT2D eigenvalue weighted by molar-refractivity contribution is 6.08.